The highest BCUT2D eigenvalue weighted by Crippen LogP contribution is 2.32. The van der Waals surface area contributed by atoms with Crippen LogP contribution in [0.1, 0.15) is 34.3 Å². The molecular weight excluding hydrogens is 533 g/mol. The van der Waals surface area contributed by atoms with Gasteiger partial charge in [-0.25, -0.2) is 0 Å². The van der Waals surface area contributed by atoms with Gasteiger partial charge < -0.3 is 19.7 Å². The van der Waals surface area contributed by atoms with Crippen molar-refractivity contribution < 1.29 is 14.3 Å². The van der Waals surface area contributed by atoms with Gasteiger partial charge in [0.05, 0.1) is 19.9 Å². The van der Waals surface area contributed by atoms with Gasteiger partial charge in [-0.3, -0.25) is 9.69 Å². The summed E-state index contributed by atoms with van der Waals surface area (Å²) in [5.41, 5.74) is 4.08. The maximum Gasteiger partial charge on any atom is 0.251 e. The fourth-order valence-corrected chi connectivity index (χ4v) is 5.46. The van der Waals surface area contributed by atoms with Gasteiger partial charge in [0.2, 0.25) is 0 Å². The molecule has 0 unspecified atom stereocenters. The Morgan fingerprint density at radius 2 is 1.51 bits per heavy atom. The van der Waals surface area contributed by atoms with Crippen LogP contribution in [0.3, 0.4) is 0 Å². The average molecular weight is 571 g/mol. The lowest BCUT2D eigenvalue weighted by Gasteiger charge is -2.36. The molecule has 0 bridgehead atoms. The lowest BCUT2D eigenvalue weighted by atomic mass is 10.0. The van der Waals surface area contributed by atoms with E-state index in [1.54, 1.807) is 20.3 Å². The van der Waals surface area contributed by atoms with E-state index in [2.05, 4.69) is 21.2 Å². The molecule has 0 radical (unpaired) electrons. The number of rotatable bonds is 12. The Kier molecular flexibility index (Phi) is 10.8. The summed E-state index contributed by atoms with van der Waals surface area (Å²) in [5.74, 6) is 1.62. The van der Waals surface area contributed by atoms with Gasteiger partial charge in [0, 0.05) is 54.4 Å². The normalized spacial score (nSPS) is 13.8. The molecule has 3 aromatic carbocycles. The van der Waals surface area contributed by atoms with E-state index in [-0.39, 0.29) is 5.91 Å². The molecule has 0 saturated carbocycles. The quantitative estimate of drug-likeness (QED) is 0.266. The Morgan fingerprint density at radius 1 is 0.821 bits per heavy atom. The summed E-state index contributed by atoms with van der Waals surface area (Å²) in [6.45, 7) is 5.66. The molecular formula is C31H37Cl2N3O3. The topological polar surface area (TPSA) is 54.0 Å². The van der Waals surface area contributed by atoms with Crippen molar-refractivity contribution in [3.05, 3.63) is 87.4 Å². The molecule has 1 amide bonds. The number of hydrogen-bond acceptors (Lipinski definition) is 5. The Bertz CT molecular complexity index is 1210. The summed E-state index contributed by atoms with van der Waals surface area (Å²) in [6.07, 6.45) is 3.72. The monoisotopic (exact) mass is 569 g/mol. The molecule has 6 nitrogen and oxygen atoms in total. The Labute approximate surface area is 241 Å². The smallest absolute Gasteiger partial charge is 0.251 e. The number of piperazine rings is 1. The van der Waals surface area contributed by atoms with Crippen molar-refractivity contribution in [3.8, 4) is 11.5 Å². The van der Waals surface area contributed by atoms with E-state index < -0.39 is 0 Å². The average Bonchev–Trinajstić information content (AvgIpc) is 2.95. The van der Waals surface area contributed by atoms with Crippen LogP contribution in [0.4, 0.5) is 5.69 Å². The summed E-state index contributed by atoms with van der Waals surface area (Å²) in [6, 6.07) is 19.4. The number of methoxy groups -OCH3 is 2. The summed E-state index contributed by atoms with van der Waals surface area (Å²) in [5, 5.41) is 4.36. The Morgan fingerprint density at radius 3 is 2.18 bits per heavy atom. The van der Waals surface area contributed by atoms with Crippen LogP contribution in [0, 0.1) is 0 Å². The summed E-state index contributed by atoms with van der Waals surface area (Å²) >= 11 is 12.2. The number of unbranched alkanes of at least 4 members (excludes halogenated alkanes) is 1. The van der Waals surface area contributed by atoms with Gasteiger partial charge in [-0.2, -0.15) is 0 Å². The van der Waals surface area contributed by atoms with Gasteiger partial charge >= 0.3 is 0 Å². The maximum atomic E-state index is 12.6. The van der Waals surface area contributed by atoms with Crippen molar-refractivity contribution in [1.29, 1.82) is 0 Å². The summed E-state index contributed by atoms with van der Waals surface area (Å²) in [4.78, 5) is 17.4. The second-order valence-corrected chi connectivity index (χ2v) is 10.7. The number of anilines is 1. The summed E-state index contributed by atoms with van der Waals surface area (Å²) in [7, 11) is 3.36. The van der Waals surface area contributed by atoms with Crippen LogP contribution < -0.4 is 19.7 Å². The SMILES string of the molecule is COc1ccc(N2CCN(CCCCNC(=O)c3ccc(CCc4cc(Cl)cc(Cl)c4)cc3)CC2)c(OC)c1. The van der Waals surface area contributed by atoms with Crippen molar-refractivity contribution in [2.45, 2.75) is 25.7 Å². The Hall–Kier alpha value is -2.93. The lowest BCUT2D eigenvalue weighted by Crippen LogP contribution is -2.46. The standard InChI is InChI=1S/C31H37Cl2N3O3/c1-38-28-11-12-29(30(22-28)39-2)36-17-15-35(16-18-36)14-4-3-13-34-31(37)25-9-7-23(8-10-25)5-6-24-19-26(32)21-27(33)20-24/h7-12,19-22H,3-6,13-18H2,1-2H3,(H,34,37). The summed E-state index contributed by atoms with van der Waals surface area (Å²) < 4.78 is 10.9. The third kappa shape index (κ3) is 8.53. The number of halogens is 2. The van der Waals surface area contributed by atoms with Crippen molar-refractivity contribution in [2.24, 2.45) is 0 Å². The van der Waals surface area contributed by atoms with Crippen molar-refractivity contribution >= 4 is 34.8 Å². The number of carbonyl (C=O) groups excluding carboxylic acids is 1. The molecule has 4 rings (SSSR count). The number of ether oxygens (including phenoxy) is 2. The van der Waals surface area contributed by atoms with Gasteiger partial charge in [0.25, 0.3) is 5.91 Å². The first-order chi connectivity index (χ1) is 18.9. The van der Waals surface area contributed by atoms with E-state index in [0.717, 1.165) is 81.2 Å². The molecule has 0 atom stereocenters. The number of carbonyl (C=O) groups is 1. The van der Waals surface area contributed by atoms with Crippen molar-refractivity contribution in [3.63, 3.8) is 0 Å². The zero-order chi connectivity index (χ0) is 27.6. The van der Waals surface area contributed by atoms with Crippen LogP contribution in [0.25, 0.3) is 0 Å². The third-order valence-corrected chi connectivity index (χ3v) is 7.56. The minimum Gasteiger partial charge on any atom is -0.497 e. The molecule has 1 aliphatic rings. The fraction of sp³-hybridized carbons (Fsp3) is 0.387. The van der Waals surface area contributed by atoms with Crippen LogP contribution in [0.2, 0.25) is 10.0 Å². The molecule has 1 aliphatic heterocycles. The molecule has 1 heterocycles. The van der Waals surface area contributed by atoms with E-state index in [1.165, 1.54) is 5.56 Å². The molecule has 0 spiro atoms. The van der Waals surface area contributed by atoms with E-state index in [4.69, 9.17) is 32.7 Å². The van der Waals surface area contributed by atoms with E-state index in [9.17, 15) is 4.79 Å². The molecule has 1 fully saturated rings. The lowest BCUT2D eigenvalue weighted by molar-refractivity contribution is 0.0952. The number of hydrogen-bond donors (Lipinski definition) is 1. The molecule has 208 valence electrons. The number of aryl methyl sites for hydroxylation is 2. The first-order valence-electron chi connectivity index (χ1n) is 13.5. The van der Waals surface area contributed by atoms with Crippen molar-refractivity contribution in [2.75, 3.05) is 58.4 Å². The number of nitrogens with one attached hydrogen (secondary N) is 1. The van der Waals surface area contributed by atoms with E-state index >= 15 is 0 Å². The first-order valence-corrected chi connectivity index (χ1v) is 14.2. The molecule has 8 heteroatoms. The Balaban J connectivity index is 1.12. The largest absolute Gasteiger partial charge is 0.497 e. The number of amides is 1. The highest BCUT2D eigenvalue weighted by atomic mass is 35.5. The van der Waals surface area contributed by atoms with Crippen LogP contribution in [-0.2, 0) is 12.8 Å². The van der Waals surface area contributed by atoms with Crippen LogP contribution in [-0.4, -0.2) is 64.3 Å². The molecule has 39 heavy (non-hydrogen) atoms. The zero-order valence-corrected chi connectivity index (χ0v) is 24.2. The highest BCUT2D eigenvalue weighted by Gasteiger charge is 2.20. The highest BCUT2D eigenvalue weighted by molar-refractivity contribution is 6.34. The minimum absolute atomic E-state index is 0.0229. The zero-order valence-electron chi connectivity index (χ0n) is 22.7. The molecule has 1 saturated heterocycles. The van der Waals surface area contributed by atoms with Crippen LogP contribution in [0.5, 0.6) is 11.5 Å². The molecule has 1 N–H and O–H groups in total. The van der Waals surface area contributed by atoms with Crippen molar-refractivity contribution in [1.82, 2.24) is 10.2 Å². The third-order valence-electron chi connectivity index (χ3n) is 7.13. The molecule has 0 aromatic heterocycles. The molecule has 3 aromatic rings. The predicted octanol–water partition coefficient (Wildman–Crippen LogP) is 6.13. The van der Waals surface area contributed by atoms with Gasteiger partial charge in [-0.15, -0.1) is 0 Å². The van der Waals surface area contributed by atoms with Crippen LogP contribution >= 0.6 is 23.2 Å². The van der Waals surface area contributed by atoms with Gasteiger partial charge in [-0.1, -0.05) is 35.3 Å². The van der Waals surface area contributed by atoms with E-state index in [0.29, 0.717) is 22.2 Å². The maximum absolute atomic E-state index is 12.6. The van der Waals surface area contributed by atoms with Gasteiger partial charge in [0.1, 0.15) is 11.5 Å². The number of nitrogens with zero attached hydrogens (tertiary/aromatic N) is 2. The van der Waals surface area contributed by atoms with Gasteiger partial charge in [-0.05, 0) is 85.8 Å². The van der Waals surface area contributed by atoms with Crippen LogP contribution in [0.15, 0.2) is 60.7 Å². The molecule has 0 aliphatic carbocycles. The predicted molar refractivity (Wildman–Crippen MR) is 160 cm³/mol. The number of benzene rings is 3. The first kappa shape index (κ1) is 29.1. The second-order valence-electron chi connectivity index (χ2n) is 9.80. The minimum atomic E-state index is -0.0229. The van der Waals surface area contributed by atoms with Gasteiger partial charge in [0.15, 0.2) is 0 Å². The fourth-order valence-electron chi connectivity index (χ4n) is 4.89. The second kappa shape index (κ2) is 14.5. The van der Waals surface area contributed by atoms with E-state index in [1.807, 2.05) is 48.5 Å².